The van der Waals surface area contributed by atoms with E-state index < -0.39 is 5.60 Å². The Labute approximate surface area is 194 Å². The second kappa shape index (κ2) is 8.50. The molecule has 2 heterocycles. The molecule has 0 unspecified atom stereocenters. The quantitative estimate of drug-likeness (QED) is 0.551. The molecule has 10 heteroatoms. The summed E-state index contributed by atoms with van der Waals surface area (Å²) >= 11 is 9.90. The first-order valence-electron chi connectivity index (χ1n) is 10.3. The van der Waals surface area contributed by atoms with Gasteiger partial charge in [0.25, 0.3) is 0 Å². The van der Waals surface area contributed by atoms with Crippen molar-refractivity contribution < 1.29 is 19.0 Å². The summed E-state index contributed by atoms with van der Waals surface area (Å²) in [5.41, 5.74) is 0.121. The predicted molar refractivity (Wildman–Crippen MR) is 122 cm³/mol. The molecular weight excluding hydrogens is 488 g/mol. The third-order valence-corrected chi connectivity index (χ3v) is 5.98. The molecule has 0 N–H and O–H groups in total. The molecule has 1 saturated carbocycles. The van der Waals surface area contributed by atoms with E-state index in [2.05, 4.69) is 30.8 Å². The molecule has 1 aliphatic carbocycles. The van der Waals surface area contributed by atoms with E-state index >= 15 is 0 Å². The lowest BCUT2D eigenvalue weighted by Gasteiger charge is -2.36. The number of anilines is 1. The van der Waals surface area contributed by atoms with E-state index in [1.54, 1.807) is 12.0 Å². The summed E-state index contributed by atoms with van der Waals surface area (Å²) in [6.45, 7) is 7.83. The monoisotopic (exact) mass is 512 g/mol. The van der Waals surface area contributed by atoms with Crippen LogP contribution in [0.2, 0.25) is 5.28 Å². The van der Waals surface area contributed by atoms with Gasteiger partial charge in [-0.15, -0.1) is 0 Å². The normalized spacial score (nSPS) is 17.1. The van der Waals surface area contributed by atoms with Gasteiger partial charge >= 0.3 is 6.09 Å². The third-order valence-electron chi connectivity index (χ3n) is 5.06. The number of benzene rings is 1. The van der Waals surface area contributed by atoms with Gasteiger partial charge in [-0.25, -0.2) is 9.78 Å². The Hall–Kier alpha value is -2.00. The van der Waals surface area contributed by atoms with Crippen LogP contribution < -0.4 is 14.4 Å². The zero-order valence-electron chi connectivity index (χ0n) is 18.1. The largest absolute Gasteiger partial charge is 0.495 e. The number of amides is 1. The van der Waals surface area contributed by atoms with Crippen LogP contribution in [0.1, 0.15) is 33.6 Å². The first-order chi connectivity index (χ1) is 14.7. The van der Waals surface area contributed by atoms with E-state index in [4.69, 9.17) is 25.8 Å². The summed E-state index contributed by atoms with van der Waals surface area (Å²) < 4.78 is 17.9. The lowest BCUT2D eigenvalue weighted by molar-refractivity contribution is 0.0240. The van der Waals surface area contributed by atoms with Crippen molar-refractivity contribution in [1.82, 2.24) is 14.9 Å². The zero-order valence-corrected chi connectivity index (χ0v) is 20.4. The van der Waals surface area contributed by atoms with E-state index in [0.717, 1.165) is 18.2 Å². The summed E-state index contributed by atoms with van der Waals surface area (Å²) in [6, 6.07) is 1.89. The van der Waals surface area contributed by atoms with Gasteiger partial charge in [0.1, 0.15) is 27.2 Å². The summed E-state index contributed by atoms with van der Waals surface area (Å²) in [5.74, 6) is 1.96. The minimum absolute atomic E-state index is 0.148. The smallest absolute Gasteiger partial charge is 0.410 e. The van der Waals surface area contributed by atoms with Crippen LogP contribution in [0.4, 0.5) is 10.6 Å². The number of hydrogen-bond acceptors (Lipinski definition) is 7. The molecule has 1 aromatic heterocycles. The highest BCUT2D eigenvalue weighted by molar-refractivity contribution is 9.10. The van der Waals surface area contributed by atoms with Crippen molar-refractivity contribution in [2.45, 2.75) is 45.3 Å². The second-order valence-corrected chi connectivity index (χ2v) is 9.84. The van der Waals surface area contributed by atoms with Gasteiger partial charge in [-0.1, -0.05) is 0 Å². The fraction of sp³-hybridized carbons (Fsp3) is 0.571. The minimum Gasteiger partial charge on any atom is -0.495 e. The number of methoxy groups -OCH3 is 1. The average Bonchev–Trinajstić information content (AvgIpc) is 3.52. The number of hydrogen-bond donors (Lipinski definition) is 0. The Bertz CT molecular complexity index is 1000. The molecule has 0 atom stereocenters. The fourth-order valence-electron chi connectivity index (χ4n) is 3.42. The van der Waals surface area contributed by atoms with E-state index in [9.17, 15) is 4.79 Å². The van der Waals surface area contributed by atoms with Crippen molar-refractivity contribution in [2.24, 2.45) is 0 Å². The van der Waals surface area contributed by atoms with Gasteiger partial charge in [0.15, 0.2) is 5.75 Å². The van der Waals surface area contributed by atoms with Crippen LogP contribution in [0.15, 0.2) is 10.5 Å². The second-order valence-electron chi connectivity index (χ2n) is 8.71. The van der Waals surface area contributed by atoms with Gasteiger partial charge in [-0.3, -0.25) is 0 Å². The maximum atomic E-state index is 12.4. The molecule has 8 nitrogen and oxygen atoms in total. The first kappa shape index (κ1) is 22.2. The van der Waals surface area contributed by atoms with Gasteiger partial charge in [0, 0.05) is 26.2 Å². The third kappa shape index (κ3) is 4.92. The molecular formula is C21H26BrClN4O4. The number of carbonyl (C=O) groups excluding carboxylic acids is 1. The van der Waals surface area contributed by atoms with Crippen molar-refractivity contribution >= 4 is 50.3 Å². The number of nitrogens with zero attached hydrogens (tertiary/aromatic N) is 4. The summed E-state index contributed by atoms with van der Waals surface area (Å²) in [6.07, 6.45) is 1.91. The number of rotatable bonds is 4. The first-order valence-corrected chi connectivity index (χ1v) is 11.5. The van der Waals surface area contributed by atoms with Gasteiger partial charge in [0.05, 0.1) is 18.6 Å². The molecule has 2 aromatic rings. The van der Waals surface area contributed by atoms with Gasteiger partial charge in [-0.05, 0) is 67.2 Å². The maximum absolute atomic E-state index is 12.4. The SMILES string of the molecule is COc1cc2c(N3CCN(C(=O)OC(C)(C)C)CC3)nc(Cl)nc2c(OC2CC2)c1Br. The van der Waals surface area contributed by atoms with Crippen LogP contribution in [0.5, 0.6) is 11.5 Å². The fourth-order valence-corrected chi connectivity index (χ4v) is 4.15. The summed E-state index contributed by atoms with van der Waals surface area (Å²) in [7, 11) is 1.61. The molecule has 0 spiro atoms. The van der Waals surface area contributed by atoms with Gasteiger partial charge in [-0.2, -0.15) is 4.98 Å². The van der Waals surface area contributed by atoms with Crippen molar-refractivity contribution in [2.75, 3.05) is 38.2 Å². The topological polar surface area (TPSA) is 77.0 Å². The van der Waals surface area contributed by atoms with Crippen molar-refractivity contribution in [3.63, 3.8) is 0 Å². The number of halogens is 2. The molecule has 31 heavy (non-hydrogen) atoms. The Morgan fingerprint density at radius 1 is 1.19 bits per heavy atom. The number of fused-ring (bicyclic) bond motifs is 1. The number of ether oxygens (including phenoxy) is 3. The van der Waals surface area contributed by atoms with Gasteiger partial charge in [0.2, 0.25) is 5.28 Å². The molecule has 1 amide bonds. The standard InChI is InChI=1S/C21H26BrClN4O4/c1-21(2,3)31-20(28)27-9-7-26(8-10-27)18-13-11-14(29-4)15(22)17(30-12-5-6-12)16(13)24-19(23)25-18/h11-12H,5-10H2,1-4H3. The number of aromatic nitrogens is 2. The summed E-state index contributed by atoms with van der Waals surface area (Å²) in [5, 5.41) is 0.945. The lowest BCUT2D eigenvalue weighted by atomic mass is 10.1. The molecule has 1 saturated heterocycles. The highest BCUT2D eigenvalue weighted by atomic mass is 79.9. The van der Waals surface area contributed by atoms with Crippen LogP contribution in [0, 0.1) is 0 Å². The highest BCUT2D eigenvalue weighted by Gasteiger charge is 2.30. The molecule has 168 valence electrons. The van der Waals surface area contributed by atoms with E-state index in [1.807, 2.05) is 26.8 Å². The number of piperazine rings is 1. The van der Waals surface area contributed by atoms with E-state index in [0.29, 0.717) is 53.5 Å². The average molecular weight is 514 g/mol. The van der Waals surface area contributed by atoms with Crippen LogP contribution in [-0.4, -0.2) is 66.0 Å². The zero-order chi connectivity index (χ0) is 22.3. The molecule has 0 radical (unpaired) electrons. The van der Waals surface area contributed by atoms with Crippen LogP contribution >= 0.6 is 27.5 Å². The van der Waals surface area contributed by atoms with Crippen molar-refractivity contribution in [1.29, 1.82) is 0 Å². The van der Waals surface area contributed by atoms with E-state index in [1.165, 1.54) is 0 Å². The Morgan fingerprint density at radius 2 is 1.87 bits per heavy atom. The van der Waals surface area contributed by atoms with Crippen LogP contribution in [-0.2, 0) is 4.74 Å². The number of carbonyl (C=O) groups is 1. The maximum Gasteiger partial charge on any atom is 0.410 e. The Morgan fingerprint density at radius 3 is 2.45 bits per heavy atom. The van der Waals surface area contributed by atoms with Crippen molar-refractivity contribution in [3.05, 3.63) is 15.8 Å². The molecule has 2 aliphatic rings. The Kier molecular flexibility index (Phi) is 6.09. The highest BCUT2D eigenvalue weighted by Crippen LogP contribution is 2.45. The molecule has 1 aliphatic heterocycles. The van der Waals surface area contributed by atoms with Gasteiger partial charge < -0.3 is 24.0 Å². The minimum atomic E-state index is -0.521. The van der Waals surface area contributed by atoms with Crippen molar-refractivity contribution in [3.8, 4) is 11.5 Å². The Balaban J connectivity index is 1.64. The van der Waals surface area contributed by atoms with Crippen LogP contribution in [0.3, 0.4) is 0 Å². The van der Waals surface area contributed by atoms with Crippen LogP contribution in [0.25, 0.3) is 10.9 Å². The predicted octanol–water partition coefficient (Wildman–Crippen LogP) is 4.65. The summed E-state index contributed by atoms with van der Waals surface area (Å²) in [4.78, 5) is 25.2. The van der Waals surface area contributed by atoms with E-state index in [-0.39, 0.29) is 17.5 Å². The lowest BCUT2D eigenvalue weighted by Crippen LogP contribution is -2.50. The molecule has 2 fully saturated rings. The molecule has 4 rings (SSSR count). The molecule has 0 bridgehead atoms. The molecule has 1 aromatic carbocycles.